The van der Waals surface area contributed by atoms with Gasteiger partial charge < -0.3 is 20.7 Å². The van der Waals surface area contributed by atoms with Crippen LogP contribution in [0.15, 0.2) is 60.0 Å². The van der Waals surface area contributed by atoms with Crippen molar-refractivity contribution in [2.24, 2.45) is 0 Å². The third-order valence-electron chi connectivity index (χ3n) is 5.09. The molecule has 3 rings (SSSR count). The average molecular weight is 541 g/mol. The summed E-state index contributed by atoms with van der Waals surface area (Å²) < 4.78 is 5.23. The number of hydrogen-bond acceptors (Lipinski definition) is 7. The molecule has 3 N–H and O–H groups in total. The summed E-state index contributed by atoms with van der Waals surface area (Å²) in [6.45, 7) is 5.66. The van der Waals surface area contributed by atoms with E-state index in [4.69, 9.17) is 4.74 Å². The fraction of sp³-hybridized carbons (Fsp3) is 0.333. The second-order valence-corrected chi connectivity index (χ2v) is 11.1. The highest BCUT2D eigenvalue weighted by molar-refractivity contribution is 7.98. The van der Waals surface area contributed by atoms with Crippen LogP contribution >= 0.6 is 23.1 Å². The highest BCUT2D eigenvalue weighted by Gasteiger charge is 2.22. The van der Waals surface area contributed by atoms with Gasteiger partial charge in [0.15, 0.2) is 5.13 Å². The molecule has 1 atom stereocenters. The van der Waals surface area contributed by atoms with Gasteiger partial charge in [-0.3, -0.25) is 9.59 Å². The first kappa shape index (κ1) is 28.2. The number of thioether (sulfide) groups is 1. The zero-order chi connectivity index (χ0) is 26.8. The van der Waals surface area contributed by atoms with E-state index < -0.39 is 17.7 Å². The van der Waals surface area contributed by atoms with Crippen LogP contribution in [0, 0.1) is 0 Å². The number of amides is 3. The molecule has 0 bridgehead atoms. The molecule has 37 heavy (non-hydrogen) atoms. The second-order valence-electron chi connectivity index (χ2n) is 9.25. The summed E-state index contributed by atoms with van der Waals surface area (Å²) >= 11 is 2.94. The minimum Gasteiger partial charge on any atom is -0.444 e. The summed E-state index contributed by atoms with van der Waals surface area (Å²) in [6, 6.07) is 15.9. The standard InChI is InChI=1S/C27H32N4O4S2/c1-27(2,3)35-26(34)28-16-18-10-12-20(13-11-18)23(32)29-21(14-15-36-4)24(33)31-25-30-22(17-37-25)19-8-6-5-7-9-19/h5-13,17,21H,14-16H2,1-4H3,(H,28,34)(H,29,32)(H,30,31,33). The number of rotatable bonds is 10. The molecule has 0 aliphatic carbocycles. The molecular formula is C27H32N4O4S2. The van der Waals surface area contributed by atoms with E-state index in [1.165, 1.54) is 11.3 Å². The molecule has 1 unspecified atom stereocenters. The van der Waals surface area contributed by atoms with Crippen LogP contribution < -0.4 is 16.0 Å². The van der Waals surface area contributed by atoms with Crippen LogP contribution in [0.4, 0.5) is 9.93 Å². The number of ether oxygens (including phenoxy) is 1. The van der Waals surface area contributed by atoms with Crippen LogP contribution in [0.2, 0.25) is 0 Å². The number of anilines is 1. The van der Waals surface area contributed by atoms with Crippen LogP contribution in [0.25, 0.3) is 11.3 Å². The van der Waals surface area contributed by atoms with Gasteiger partial charge in [-0.1, -0.05) is 42.5 Å². The number of nitrogens with zero attached hydrogens (tertiary/aromatic N) is 1. The quantitative estimate of drug-likeness (QED) is 0.321. The Morgan fingerprint density at radius 3 is 2.41 bits per heavy atom. The second kappa shape index (κ2) is 13.3. The first-order valence-electron chi connectivity index (χ1n) is 11.8. The maximum absolute atomic E-state index is 13.0. The Labute approximate surface area is 225 Å². The lowest BCUT2D eigenvalue weighted by Gasteiger charge is -2.19. The van der Waals surface area contributed by atoms with Crippen molar-refractivity contribution in [1.82, 2.24) is 15.6 Å². The first-order chi connectivity index (χ1) is 17.6. The van der Waals surface area contributed by atoms with Crippen LogP contribution in [-0.4, -0.2) is 46.5 Å². The van der Waals surface area contributed by atoms with Crippen molar-refractivity contribution < 1.29 is 19.1 Å². The van der Waals surface area contributed by atoms with Crippen molar-refractivity contribution in [3.63, 3.8) is 0 Å². The number of hydrogen-bond donors (Lipinski definition) is 3. The van der Waals surface area contributed by atoms with Crippen molar-refractivity contribution in [2.75, 3.05) is 17.3 Å². The van der Waals surface area contributed by atoms with Gasteiger partial charge in [0.05, 0.1) is 5.69 Å². The van der Waals surface area contributed by atoms with E-state index in [1.54, 1.807) is 56.8 Å². The molecule has 10 heteroatoms. The molecule has 3 amide bonds. The number of thiazole rings is 1. The van der Waals surface area contributed by atoms with E-state index in [0.717, 1.165) is 16.8 Å². The van der Waals surface area contributed by atoms with E-state index >= 15 is 0 Å². The normalized spacial score (nSPS) is 11.9. The SMILES string of the molecule is CSCCC(NC(=O)c1ccc(CNC(=O)OC(C)(C)C)cc1)C(=O)Nc1nc(-c2ccccc2)cs1. The third-order valence-corrected chi connectivity index (χ3v) is 6.49. The number of benzene rings is 2. The van der Waals surface area contributed by atoms with Gasteiger partial charge in [-0.15, -0.1) is 11.3 Å². The van der Waals surface area contributed by atoms with Gasteiger partial charge in [0, 0.05) is 23.1 Å². The number of alkyl carbamates (subject to hydrolysis) is 1. The molecule has 3 aromatic rings. The maximum Gasteiger partial charge on any atom is 0.407 e. The summed E-state index contributed by atoms with van der Waals surface area (Å²) in [6.07, 6.45) is 1.93. The molecule has 2 aromatic carbocycles. The van der Waals surface area contributed by atoms with E-state index in [0.29, 0.717) is 22.9 Å². The van der Waals surface area contributed by atoms with Crippen molar-refractivity contribution in [2.45, 2.75) is 45.4 Å². The molecule has 0 saturated heterocycles. The van der Waals surface area contributed by atoms with Gasteiger partial charge in [0.25, 0.3) is 5.91 Å². The lowest BCUT2D eigenvalue weighted by molar-refractivity contribution is -0.118. The van der Waals surface area contributed by atoms with Crippen molar-refractivity contribution in [3.05, 3.63) is 71.1 Å². The summed E-state index contributed by atoms with van der Waals surface area (Å²) in [5.41, 5.74) is 2.42. The van der Waals surface area contributed by atoms with Crippen molar-refractivity contribution in [3.8, 4) is 11.3 Å². The molecule has 0 fully saturated rings. The fourth-order valence-corrected chi connectivity index (χ4v) is 4.47. The molecular weight excluding hydrogens is 508 g/mol. The lowest BCUT2D eigenvalue weighted by atomic mass is 10.1. The van der Waals surface area contributed by atoms with Crippen LogP contribution in [0.5, 0.6) is 0 Å². The van der Waals surface area contributed by atoms with E-state index in [2.05, 4.69) is 20.9 Å². The summed E-state index contributed by atoms with van der Waals surface area (Å²) in [4.78, 5) is 42.3. The zero-order valence-corrected chi connectivity index (χ0v) is 23.0. The van der Waals surface area contributed by atoms with E-state index in [9.17, 15) is 14.4 Å². The number of carbonyl (C=O) groups excluding carboxylic acids is 3. The minimum atomic E-state index is -0.711. The largest absolute Gasteiger partial charge is 0.444 e. The lowest BCUT2D eigenvalue weighted by Crippen LogP contribution is -2.44. The highest BCUT2D eigenvalue weighted by atomic mass is 32.2. The first-order valence-corrected chi connectivity index (χ1v) is 14.1. The summed E-state index contributed by atoms with van der Waals surface area (Å²) in [7, 11) is 0. The summed E-state index contributed by atoms with van der Waals surface area (Å²) in [5.74, 6) is 0.0485. The van der Waals surface area contributed by atoms with Gasteiger partial charge >= 0.3 is 6.09 Å². The third kappa shape index (κ3) is 9.22. The monoisotopic (exact) mass is 540 g/mol. The Kier molecular flexibility index (Phi) is 10.1. The van der Waals surface area contributed by atoms with Gasteiger partial charge in [-0.25, -0.2) is 9.78 Å². The summed E-state index contributed by atoms with van der Waals surface area (Å²) in [5, 5.41) is 10.7. The predicted molar refractivity (Wildman–Crippen MR) is 150 cm³/mol. The molecule has 1 heterocycles. The smallest absolute Gasteiger partial charge is 0.407 e. The maximum atomic E-state index is 13.0. The Bertz CT molecular complexity index is 1190. The molecule has 0 spiro atoms. The molecule has 0 aliphatic rings. The fourth-order valence-electron chi connectivity index (χ4n) is 3.27. The Hall–Kier alpha value is -3.37. The Morgan fingerprint density at radius 1 is 1.05 bits per heavy atom. The zero-order valence-electron chi connectivity index (χ0n) is 21.4. The Morgan fingerprint density at radius 2 is 1.76 bits per heavy atom. The number of nitrogens with one attached hydrogen (secondary N) is 3. The van der Waals surface area contributed by atoms with Crippen LogP contribution in [-0.2, 0) is 16.1 Å². The number of carbonyl (C=O) groups is 3. The van der Waals surface area contributed by atoms with Crippen molar-refractivity contribution in [1.29, 1.82) is 0 Å². The molecule has 0 saturated carbocycles. The molecule has 1 aromatic heterocycles. The van der Waals surface area contributed by atoms with Crippen LogP contribution in [0.1, 0.15) is 43.1 Å². The van der Waals surface area contributed by atoms with Crippen LogP contribution in [0.3, 0.4) is 0 Å². The van der Waals surface area contributed by atoms with Gasteiger partial charge in [-0.05, 0) is 56.9 Å². The highest BCUT2D eigenvalue weighted by Crippen LogP contribution is 2.24. The number of aromatic nitrogens is 1. The topological polar surface area (TPSA) is 109 Å². The van der Waals surface area contributed by atoms with Crippen molar-refractivity contribution >= 4 is 46.1 Å². The van der Waals surface area contributed by atoms with E-state index in [1.807, 2.05) is 42.0 Å². The van der Waals surface area contributed by atoms with Gasteiger partial charge in [-0.2, -0.15) is 11.8 Å². The van der Waals surface area contributed by atoms with E-state index in [-0.39, 0.29) is 18.4 Å². The molecule has 0 radical (unpaired) electrons. The van der Waals surface area contributed by atoms with Gasteiger partial charge in [0.1, 0.15) is 11.6 Å². The minimum absolute atomic E-state index is 0.272. The van der Waals surface area contributed by atoms with Gasteiger partial charge in [0.2, 0.25) is 5.91 Å². The molecule has 0 aliphatic heterocycles. The molecule has 8 nitrogen and oxygen atoms in total. The molecule has 196 valence electrons. The average Bonchev–Trinajstić information content (AvgIpc) is 3.33. The predicted octanol–water partition coefficient (Wildman–Crippen LogP) is 5.33. The Balaban J connectivity index is 1.59.